The molecule has 0 fully saturated rings. The largest absolute Gasteiger partial charge is 0.459 e. The number of aryl methyl sites for hydroxylation is 2. The Morgan fingerprint density at radius 1 is 1.09 bits per heavy atom. The number of benzene rings is 1. The number of rotatable bonds is 6. The van der Waals surface area contributed by atoms with Crippen molar-refractivity contribution < 1.29 is 9.21 Å². The van der Waals surface area contributed by atoms with Crippen LogP contribution < -0.4 is 10.6 Å². The first-order valence-electron chi connectivity index (χ1n) is 11.0. The molecule has 0 radical (unpaired) electrons. The lowest BCUT2D eigenvalue weighted by Crippen LogP contribution is -2.19. The van der Waals surface area contributed by atoms with Gasteiger partial charge in [0.2, 0.25) is 0 Å². The van der Waals surface area contributed by atoms with Crippen LogP contribution in [0.15, 0.2) is 65.3 Å². The van der Waals surface area contributed by atoms with Crippen LogP contribution in [0, 0.1) is 6.92 Å². The zero-order valence-electron chi connectivity index (χ0n) is 18.2. The molecule has 4 aromatic rings. The van der Waals surface area contributed by atoms with Crippen molar-refractivity contribution in [1.29, 1.82) is 0 Å². The summed E-state index contributed by atoms with van der Waals surface area (Å²) in [4.78, 5) is 18.9. The van der Waals surface area contributed by atoms with Crippen molar-refractivity contribution in [3.63, 3.8) is 0 Å². The minimum Gasteiger partial charge on any atom is -0.459 e. The molecule has 0 bridgehead atoms. The summed E-state index contributed by atoms with van der Waals surface area (Å²) in [6, 6.07) is 16.9. The molecule has 2 N–H and O–H groups in total. The maximum atomic E-state index is 12.9. The van der Waals surface area contributed by atoms with E-state index in [1.54, 1.807) is 23.5 Å². The summed E-state index contributed by atoms with van der Waals surface area (Å²) in [5.41, 5.74) is 4.23. The third-order valence-electron chi connectivity index (χ3n) is 5.87. The predicted molar refractivity (Wildman–Crippen MR) is 134 cm³/mol. The fraction of sp³-hybridized carbons (Fsp3) is 0.231. The molecule has 3 heterocycles. The molecule has 33 heavy (non-hydrogen) atoms. The van der Waals surface area contributed by atoms with Gasteiger partial charge in [0.25, 0.3) is 5.91 Å². The number of carbonyl (C=O) groups excluding carboxylic acids is 1. The zero-order chi connectivity index (χ0) is 22.8. The van der Waals surface area contributed by atoms with E-state index >= 15 is 0 Å². The molecule has 5 nitrogen and oxygen atoms in total. The molecule has 1 aromatic carbocycles. The van der Waals surface area contributed by atoms with Gasteiger partial charge in [0.05, 0.1) is 12.3 Å². The first-order chi connectivity index (χ1) is 16.1. The van der Waals surface area contributed by atoms with Crippen LogP contribution in [0.2, 0.25) is 5.02 Å². The second kappa shape index (κ2) is 9.41. The number of carbonyl (C=O) groups is 1. The Morgan fingerprint density at radius 2 is 1.94 bits per heavy atom. The van der Waals surface area contributed by atoms with Crippen molar-refractivity contribution in [2.75, 3.05) is 10.6 Å². The number of anilines is 2. The number of hydrogen-bond acceptors (Lipinski definition) is 5. The SMILES string of the molecule is Cc1cccc(NC(c2ccccc2Cl)c2c(NC(=O)c3ccco3)sc3c2CCCC3)n1. The predicted octanol–water partition coefficient (Wildman–Crippen LogP) is 7.03. The van der Waals surface area contributed by atoms with Crippen molar-refractivity contribution in [3.05, 3.63) is 98.9 Å². The summed E-state index contributed by atoms with van der Waals surface area (Å²) in [6.07, 6.45) is 5.78. The smallest absolute Gasteiger partial charge is 0.291 e. The number of nitrogens with zero attached hydrogens (tertiary/aromatic N) is 1. The van der Waals surface area contributed by atoms with Crippen LogP contribution in [-0.2, 0) is 12.8 Å². The van der Waals surface area contributed by atoms with Gasteiger partial charge in [-0.25, -0.2) is 4.98 Å². The van der Waals surface area contributed by atoms with Crippen molar-refractivity contribution >= 4 is 39.7 Å². The molecule has 5 rings (SSSR count). The highest BCUT2D eigenvalue weighted by Crippen LogP contribution is 2.45. The Bertz CT molecular complexity index is 1280. The van der Waals surface area contributed by atoms with E-state index < -0.39 is 0 Å². The van der Waals surface area contributed by atoms with Crippen LogP contribution in [0.4, 0.5) is 10.8 Å². The summed E-state index contributed by atoms with van der Waals surface area (Å²) in [7, 11) is 0. The molecule has 3 aromatic heterocycles. The molecular formula is C26H24ClN3O2S. The van der Waals surface area contributed by atoms with Crippen LogP contribution in [0.3, 0.4) is 0 Å². The van der Waals surface area contributed by atoms with Crippen molar-refractivity contribution in [1.82, 2.24) is 4.98 Å². The van der Waals surface area contributed by atoms with Gasteiger partial charge in [-0.05, 0) is 74.1 Å². The standard InChI is InChI=1S/C26H24ClN3O2S/c1-16-8-6-14-22(28-16)29-24(17-9-2-4-11-19(17)27)23-18-10-3-5-13-21(18)33-26(23)30-25(31)20-12-7-15-32-20/h2,4,6-9,11-12,14-15,24H,3,5,10,13H2,1H3,(H,28,29)(H,30,31). The second-order valence-electron chi connectivity index (χ2n) is 8.15. The Hall–Kier alpha value is -3.09. The van der Waals surface area contributed by atoms with Crippen LogP contribution >= 0.6 is 22.9 Å². The third-order valence-corrected chi connectivity index (χ3v) is 7.44. The van der Waals surface area contributed by atoms with E-state index in [0.29, 0.717) is 5.02 Å². The number of halogens is 1. The molecule has 0 saturated heterocycles. The number of pyridine rings is 1. The number of amides is 1. The monoisotopic (exact) mass is 477 g/mol. The lowest BCUT2D eigenvalue weighted by atomic mass is 9.89. The zero-order valence-corrected chi connectivity index (χ0v) is 19.8. The van der Waals surface area contributed by atoms with Crippen LogP contribution in [0.5, 0.6) is 0 Å². The van der Waals surface area contributed by atoms with Gasteiger partial charge in [0.15, 0.2) is 5.76 Å². The average molecular weight is 478 g/mol. The number of hydrogen-bond donors (Lipinski definition) is 2. The summed E-state index contributed by atoms with van der Waals surface area (Å²) in [5.74, 6) is 0.792. The van der Waals surface area contributed by atoms with E-state index in [2.05, 4.69) is 15.6 Å². The molecule has 1 unspecified atom stereocenters. The molecule has 1 aliphatic carbocycles. The molecule has 1 atom stereocenters. The summed E-state index contributed by atoms with van der Waals surface area (Å²) in [5, 5.41) is 8.23. The van der Waals surface area contributed by atoms with Gasteiger partial charge in [-0.3, -0.25) is 4.79 Å². The fourth-order valence-corrected chi connectivity index (χ4v) is 5.91. The number of furan rings is 1. The lowest BCUT2D eigenvalue weighted by Gasteiger charge is -2.25. The van der Waals surface area contributed by atoms with Gasteiger partial charge in [-0.2, -0.15) is 0 Å². The van der Waals surface area contributed by atoms with E-state index in [1.807, 2.05) is 49.4 Å². The van der Waals surface area contributed by atoms with E-state index in [9.17, 15) is 4.79 Å². The Labute approximate surface area is 201 Å². The summed E-state index contributed by atoms with van der Waals surface area (Å²) < 4.78 is 5.33. The van der Waals surface area contributed by atoms with Crippen molar-refractivity contribution in [2.24, 2.45) is 0 Å². The highest BCUT2D eigenvalue weighted by Gasteiger charge is 2.30. The topological polar surface area (TPSA) is 67.2 Å². The van der Waals surface area contributed by atoms with Crippen LogP contribution in [0.25, 0.3) is 0 Å². The molecule has 1 amide bonds. The minimum atomic E-state index is -0.266. The summed E-state index contributed by atoms with van der Waals surface area (Å²) in [6.45, 7) is 1.97. The maximum absolute atomic E-state index is 12.9. The van der Waals surface area contributed by atoms with E-state index in [0.717, 1.165) is 53.3 Å². The first kappa shape index (κ1) is 21.7. The second-order valence-corrected chi connectivity index (χ2v) is 9.66. The first-order valence-corrected chi connectivity index (χ1v) is 12.2. The lowest BCUT2D eigenvalue weighted by molar-refractivity contribution is 0.0997. The molecule has 0 saturated carbocycles. The van der Waals surface area contributed by atoms with E-state index in [-0.39, 0.29) is 17.7 Å². The van der Waals surface area contributed by atoms with Gasteiger partial charge < -0.3 is 15.1 Å². The van der Waals surface area contributed by atoms with Crippen molar-refractivity contribution in [3.8, 4) is 0 Å². The number of nitrogens with one attached hydrogen (secondary N) is 2. The highest BCUT2D eigenvalue weighted by molar-refractivity contribution is 7.16. The molecular weight excluding hydrogens is 454 g/mol. The summed E-state index contributed by atoms with van der Waals surface area (Å²) >= 11 is 8.35. The van der Waals surface area contributed by atoms with Gasteiger partial charge in [0.1, 0.15) is 10.8 Å². The van der Waals surface area contributed by atoms with Gasteiger partial charge in [0, 0.05) is 21.2 Å². The normalized spacial score (nSPS) is 13.9. The Kier molecular flexibility index (Phi) is 6.20. The third kappa shape index (κ3) is 4.54. The van der Waals surface area contributed by atoms with Crippen LogP contribution in [-0.4, -0.2) is 10.9 Å². The highest BCUT2D eigenvalue weighted by atomic mass is 35.5. The van der Waals surface area contributed by atoms with Gasteiger partial charge >= 0.3 is 0 Å². The van der Waals surface area contributed by atoms with E-state index in [4.69, 9.17) is 16.0 Å². The Balaban J connectivity index is 1.63. The van der Waals surface area contributed by atoms with Crippen LogP contribution in [0.1, 0.15) is 56.7 Å². The Morgan fingerprint density at radius 3 is 2.73 bits per heavy atom. The number of fused-ring (bicyclic) bond motifs is 1. The fourth-order valence-electron chi connectivity index (χ4n) is 4.35. The molecule has 1 aliphatic rings. The molecule has 0 spiro atoms. The van der Waals surface area contributed by atoms with Gasteiger partial charge in [-0.1, -0.05) is 35.9 Å². The molecule has 0 aliphatic heterocycles. The minimum absolute atomic E-state index is 0.258. The number of thiophene rings is 1. The number of aromatic nitrogens is 1. The van der Waals surface area contributed by atoms with E-state index in [1.165, 1.54) is 16.7 Å². The van der Waals surface area contributed by atoms with Gasteiger partial charge in [-0.15, -0.1) is 11.3 Å². The van der Waals surface area contributed by atoms with Crippen molar-refractivity contribution in [2.45, 2.75) is 38.6 Å². The molecule has 168 valence electrons. The quantitative estimate of drug-likeness (QED) is 0.313. The maximum Gasteiger partial charge on any atom is 0.291 e. The average Bonchev–Trinajstić information content (AvgIpc) is 3.46. The molecule has 7 heteroatoms.